The molecule has 0 aliphatic heterocycles. The molecule has 0 spiro atoms. The van der Waals surface area contributed by atoms with Crippen LogP contribution in [0.4, 0.5) is 13.2 Å². The molecule has 0 bridgehead atoms. The van der Waals surface area contributed by atoms with E-state index in [2.05, 4.69) is 9.97 Å². The highest BCUT2D eigenvalue weighted by Crippen LogP contribution is 2.24. The van der Waals surface area contributed by atoms with Crippen molar-refractivity contribution in [1.29, 1.82) is 0 Å². The molecule has 14 heavy (non-hydrogen) atoms. The monoisotopic (exact) mass is 216 g/mol. The van der Waals surface area contributed by atoms with E-state index in [1.54, 1.807) is 5.38 Å². The average molecular weight is 216 g/mol. The third kappa shape index (κ3) is 1.48. The van der Waals surface area contributed by atoms with Crippen LogP contribution in [0.15, 0.2) is 17.6 Å². The van der Waals surface area contributed by atoms with Crippen LogP contribution in [0, 0.1) is 17.7 Å². The Kier molecular flexibility index (Phi) is 2.20. The zero-order chi connectivity index (χ0) is 10.1. The molecule has 0 N–H and O–H groups in total. The Balaban J connectivity index is 2.60. The summed E-state index contributed by atoms with van der Waals surface area (Å²) in [7, 11) is 0. The van der Waals surface area contributed by atoms with Gasteiger partial charge in [0.05, 0.1) is 5.56 Å². The minimum absolute atomic E-state index is 0.126. The quantitative estimate of drug-likeness (QED) is 0.685. The maximum atomic E-state index is 13.0. The predicted octanol–water partition coefficient (Wildman–Crippen LogP) is 2.62. The van der Waals surface area contributed by atoms with Gasteiger partial charge in [-0.3, -0.25) is 0 Å². The Hall–Kier alpha value is -1.43. The first-order valence-corrected chi connectivity index (χ1v) is 4.48. The summed E-state index contributed by atoms with van der Waals surface area (Å²) in [5.41, 5.74) is -0.126. The normalized spacial score (nSPS) is 10.5. The summed E-state index contributed by atoms with van der Waals surface area (Å²) < 4.78 is 38.2. The second kappa shape index (κ2) is 3.38. The second-order valence-electron chi connectivity index (χ2n) is 2.44. The molecule has 0 saturated carbocycles. The molecule has 0 aliphatic rings. The lowest BCUT2D eigenvalue weighted by Crippen LogP contribution is -1.96. The van der Waals surface area contributed by atoms with E-state index in [1.807, 2.05) is 0 Å². The van der Waals surface area contributed by atoms with Gasteiger partial charge in [0.15, 0.2) is 5.82 Å². The summed E-state index contributed by atoms with van der Waals surface area (Å²) in [6, 6.07) is 0.747. The van der Waals surface area contributed by atoms with Crippen LogP contribution in [0.2, 0.25) is 0 Å². The van der Waals surface area contributed by atoms with Crippen LogP contribution in [0.25, 0.3) is 10.6 Å². The van der Waals surface area contributed by atoms with Gasteiger partial charge >= 0.3 is 0 Å². The van der Waals surface area contributed by atoms with Crippen molar-refractivity contribution in [3.8, 4) is 10.6 Å². The Labute approximate surface area is 81.1 Å². The van der Waals surface area contributed by atoms with Crippen LogP contribution in [0.5, 0.6) is 0 Å². The number of hydrogen-bond donors (Lipinski definition) is 0. The van der Waals surface area contributed by atoms with Crippen LogP contribution in [-0.2, 0) is 0 Å². The van der Waals surface area contributed by atoms with Gasteiger partial charge in [0.25, 0.3) is 5.95 Å². The van der Waals surface area contributed by atoms with Gasteiger partial charge in [0, 0.05) is 11.6 Å². The minimum Gasteiger partial charge on any atom is -0.244 e. The summed E-state index contributed by atoms with van der Waals surface area (Å²) in [6.45, 7) is 0. The van der Waals surface area contributed by atoms with Crippen molar-refractivity contribution in [2.45, 2.75) is 0 Å². The number of aromatic nitrogens is 2. The van der Waals surface area contributed by atoms with E-state index in [9.17, 15) is 13.2 Å². The predicted molar refractivity (Wildman–Crippen MR) is 45.2 cm³/mol. The molecule has 72 valence electrons. The minimum atomic E-state index is -1.44. The van der Waals surface area contributed by atoms with Crippen molar-refractivity contribution >= 4 is 11.3 Å². The van der Waals surface area contributed by atoms with Crippen LogP contribution in [-0.4, -0.2) is 9.97 Å². The van der Waals surface area contributed by atoms with Gasteiger partial charge in [-0.25, -0.2) is 9.37 Å². The molecule has 2 nitrogen and oxygen atoms in total. The molecular weight excluding hydrogens is 213 g/mol. The number of nitrogens with zero attached hydrogens (tertiary/aromatic N) is 2. The van der Waals surface area contributed by atoms with Crippen LogP contribution in [0.1, 0.15) is 0 Å². The van der Waals surface area contributed by atoms with Crippen LogP contribution in [0.3, 0.4) is 0 Å². The van der Waals surface area contributed by atoms with E-state index < -0.39 is 17.7 Å². The molecule has 0 radical (unpaired) electrons. The van der Waals surface area contributed by atoms with E-state index in [4.69, 9.17) is 0 Å². The van der Waals surface area contributed by atoms with Crippen LogP contribution >= 0.6 is 11.3 Å². The number of rotatable bonds is 1. The summed E-state index contributed by atoms with van der Waals surface area (Å²) in [6.07, 6.45) is 1.45. The Morgan fingerprint density at radius 3 is 2.57 bits per heavy atom. The molecule has 0 aliphatic carbocycles. The van der Waals surface area contributed by atoms with Gasteiger partial charge < -0.3 is 0 Å². The first-order valence-electron chi connectivity index (χ1n) is 3.60. The lowest BCUT2D eigenvalue weighted by atomic mass is 10.3. The molecule has 0 amide bonds. The van der Waals surface area contributed by atoms with Crippen molar-refractivity contribution in [2.75, 3.05) is 0 Å². The van der Waals surface area contributed by atoms with Crippen molar-refractivity contribution in [1.82, 2.24) is 9.97 Å². The molecule has 2 rings (SSSR count). The zero-order valence-corrected chi connectivity index (χ0v) is 7.49. The van der Waals surface area contributed by atoms with Gasteiger partial charge in [-0.15, -0.1) is 11.3 Å². The Bertz CT molecular complexity index is 456. The lowest BCUT2D eigenvalue weighted by molar-refractivity contribution is 0.449. The molecule has 6 heteroatoms. The molecule has 2 aromatic heterocycles. The third-order valence-corrected chi connectivity index (χ3v) is 2.36. The molecule has 0 saturated heterocycles. The number of pyridine rings is 1. The van der Waals surface area contributed by atoms with Gasteiger partial charge in [-0.05, 0) is 6.07 Å². The first-order chi connectivity index (χ1) is 6.68. The van der Waals surface area contributed by atoms with Crippen molar-refractivity contribution in [2.24, 2.45) is 0 Å². The van der Waals surface area contributed by atoms with E-state index in [0.717, 1.165) is 17.4 Å². The number of thiazole rings is 1. The number of halogens is 3. The second-order valence-corrected chi connectivity index (χ2v) is 3.33. The molecule has 0 fully saturated rings. The van der Waals surface area contributed by atoms with Gasteiger partial charge in [-0.2, -0.15) is 13.8 Å². The molecule has 0 aromatic carbocycles. The fourth-order valence-corrected chi connectivity index (χ4v) is 1.59. The number of hydrogen-bond acceptors (Lipinski definition) is 3. The average Bonchev–Trinajstić information content (AvgIpc) is 2.64. The zero-order valence-electron chi connectivity index (χ0n) is 6.67. The highest BCUT2D eigenvalue weighted by molar-refractivity contribution is 7.13. The smallest absolute Gasteiger partial charge is 0.244 e. The van der Waals surface area contributed by atoms with E-state index in [-0.39, 0.29) is 10.6 Å². The molecular formula is C8H3F3N2S. The first kappa shape index (κ1) is 9.14. The molecule has 0 unspecified atom stereocenters. The maximum absolute atomic E-state index is 13.0. The fourth-order valence-electron chi connectivity index (χ4n) is 0.952. The topological polar surface area (TPSA) is 25.8 Å². The molecule has 2 heterocycles. The van der Waals surface area contributed by atoms with E-state index in [1.165, 1.54) is 6.20 Å². The van der Waals surface area contributed by atoms with Crippen LogP contribution < -0.4 is 0 Å². The van der Waals surface area contributed by atoms with Gasteiger partial charge in [-0.1, -0.05) is 0 Å². The summed E-state index contributed by atoms with van der Waals surface area (Å²) in [4.78, 5) is 6.55. The van der Waals surface area contributed by atoms with Crippen molar-refractivity contribution in [3.63, 3.8) is 0 Å². The van der Waals surface area contributed by atoms with Gasteiger partial charge in [0.2, 0.25) is 5.95 Å². The Morgan fingerprint density at radius 1 is 1.14 bits per heavy atom. The summed E-state index contributed by atoms with van der Waals surface area (Å²) in [5.74, 6) is -3.68. The van der Waals surface area contributed by atoms with Crippen molar-refractivity contribution < 1.29 is 13.2 Å². The lowest BCUT2D eigenvalue weighted by Gasteiger charge is -1.98. The van der Waals surface area contributed by atoms with E-state index >= 15 is 0 Å². The highest BCUT2D eigenvalue weighted by Gasteiger charge is 2.14. The third-order valence-electron chi connectivity index (χ3n) is 1.55. The standard InChI is InChI=1S/C8H3F3N2S/c9-5-3-4(6(10)13-7(5)11)8-12-1-2-14-8/h1-3H. The fraction of sp³-hybridized carbons (Fsp3) is 0. The van der Waals surface area contributed by atoms with Crippen molar-refractivity contribution in [3.05, 3.63) is 35.4 Å². The largest absolute Gasteiger partial charge is 0.251 e. The molecule has 2 aromatic rings. The summed E-state index contributed by atoms with van der Waals surface area (Å²) >= 11 is 1.12. The highest BCUT2D eigenvalue weighted by atomic mass is 32.1. The SMILES string of the molecule is Fc1cc(-c2nccs2)c(F)nc1F. The maximum Gasteiger partial charge on any atom is 0.251 e. The molecule has 0 atom stereocenters. The van der Waals surface area contributed by atoms with Gasteiger partial charge in [0.1, 0.15) is 5.01 Å². The Morgan fingerprint density at radius 2 is 1.93 bits per heavy atom. The summed E-state index contributed by atoms with van der Waals surface area (Å²) in [5, 5.41) is 1.88. The van der Waals surface area contributed by atoms with E-state index in [0.29, 0.717) is 0 Å².